The molecule has 0 aromatic heterocycles. The summed E-state index contributed by atoms with van der Waals surface area (Å²) in [6, 6.07) is 5.02. The summed E-state index contributed by atoms with van der Waals surface area (Å²) in [6.07, 6.45) is 3.77. The summed E-state index contributed by atoms with van der Waals surface area (Å²) in [7, 11) is 2.90. The number of phenols is 1. The minimum Gasteiger partial charge on any atom is -0.508 e. The molecular formula is C22H28N2O5. The van der Waals surface area contributed by atoms with Gasteiger partial charge in [-0.3, -0.25) is 9.69 Å². The highest BCUT2D eigenvalue weighted by molar-refractivity contribution is 6.07. The Hall–Kier alpha value is -2.54. The number of esters is 1. The lowest BCUT2D eigenvalue weighted by molar-refractivity contribution is -0.137. The number of amides is 1. The standard InChI is InChI=1S/C22H28N2O5/c1-4-13-11-24-8-7-22(17-9-14(25)5-6-18(17)23-21(22)27)19(24)10-15(13)16(12-28-2)20(26)29-3/h5-6,9,12-13,15,19,25H,4,7-8,10-11H2,1-3H3,(H,23,27)/b16-12+/t13-,15-,19-,22+/m0/s1. The molecule has 1 amide bonds. The van der Waals surface area contributed by atoms with E-state index in [9.17, 15) is 14.7 Å². The molecule has 1 aromatic rings. The number of piperidine rings is 1. The topological polar surface area (TPSA) is 88.1 Å². The minimum absolute atomic E-state index is 0.0189. The number of anilines is 1. The molecule has 0 radical (unpaired) electrons. The molecule has 2 saturated heterocycles. The third kappa shape index (κ3) is 2.90. The molecule has 1 aromatic carbocycles. The van der Waals surface area contributed by atoms with Crippen LogP contribution in [0.25, 0.3) is 0 Å². The van der Waals surface area contributed by atoms with Crippen molar-refractivity contribution in [1.29, 1.82) is 0 Å². The molecule has 2 fully saturated rings. The van der Waals surface area contributed by atoms with E-state index < -0.39 is 5.41 Å². The van der Waals surface area contributed by atoms with Crippen molar-refractivity contribution in [3.8, 4) is 5.75 Å². The zero-order valence-electron chi connectivity index (χ0n) is 17.1. The van der Waals surface area contributed by atoms with Gasteiger partial charge in [-0.1, -0.05) is 13.3 Å². The fraction of sp³-hybridized carbons (Fsp3) is 0.545. The Morgan fingerprint density at radius 1 is 1.41 bits per heavy atom. The second-order valence-electron chi connectivity index (χ2n) is 8.23. The zero-order valence-corrected chi connectivity index (χ0v) is 17.1. The Morgan fingerprint density at radius 2 is 2.21 bits per heavy atom. The van der Waals surface area contributed by atoms with E-state index >= 15 is 0 Å². The quantitative estimate of drug-likeness (QED) is 0.349. The molecule has 4 rings (SSSR count). The number of hydrogen-bond donors (Lipinski definition) is 2. The van der Waals surface area contributed by atoms with E-state index in [1.165, 1.54) is 20.5 Å². The van der Waals surface area contributed by atoms with E-state index in [2.05, 4.69) is 17.1 Å². The summed E-state index contributed by atoms with van der Waals surface area (Å²) in [4.78, 5) is 28.1. The van der Waals surface area contributed by atoms with Gasteiger partial charge in [0.25, 0.3) is 0 Å². The normalized spacial score (nSPS) is 31.3. The average molecular weight is 400 g/mol. The number of benzene rings is 1. The van der Waals surface area contributed by atoms with Gasteiger partial charge in [-0.05, 0) is 55.0 Å². The highest BCUT2D eigenvalue weighted by Crippen LogP contribution is 2.53. The third-order valence-corrected chi connectivity index (χ3v) is 7.05. The molecule has 7 heteroatoms. The molecule has 0 aliphatic carbocycles. The minimum atomic E-state index is -0.709. The van der Waals surface area contributed by atoms with Crippen molar-refractivity contribution < 1.29 is 24.2 Å². The monoisotopic (exact) mass is 400 g/mol. The van der Waals surface area contributed by atoms with Gasteiger partial charge in [0.2, 0.25) is 5.91 Å². The molecule has 3 heterocycles. The molecule has 3 aliphatic rings. The van der Waals surface area contributed by atoms with Gasteiger partial charge in [-0.25, -0.2) is 4.79 Å². The van der Waals surface area contributed by atoms with E-state index in [1.54, 1.807) is 18.2 Å². The number of phenolic OH excluding ortho intramolecular Hbond substituents is 1. The van der Waals surface area contributed by atoms with Crippen molar-refractivity contribution in [2.75, 3.05) is 32.6 Å². The SMILES string of the molecule is CC[C@H]1CN2CC[C@]3(C(=O)Nc4ccc(O)cc43)[C@@H]2C[C@@H]1/C(=C\OC)C(=O)OC. The number of carbonyl (C=O) groups is 2. The average Bonchev–Trinajstić information content (AvgIpc) is 3.23. The molecule has 0 bridgehead atoms. The van der Waals surface area contributed by atoms with Crippen LogP contribution in [-0.2, 0) is 24.5 Å². The maximum atomic E-state index is 13.2. The van der Waals surface area contributed by atoms with E-state index in [0.717, 1.165) is 30.8 Å². The lowest BCUT2D eigenvalue weighted by atomic mass is 9.67. The van der Waals surface area contributed by atoms with Crippen LogP contribution in [0.15, 0.2) is 30.0 Å². The van der Waals surface area contributed by atoms with E-state index in [1.807, 2.05) is 0 Å². The van der Waals surface area contributed by atoms with Crippen LogP contribution < -0.4 is 5.32 Å². The number of methoxy groups -OCH3 is 2. The van der Waals surface area contributed by atoms with Crippen molar-refractivity contribution in [1.82, 2.24) is 4.90 Å². The van der Waals surface area contributed by atoms with Crippen molar-refractivity contribution in [3.63, 3.8) is 0 Å². The molecule has 1 spiro atoms. The Labute approximate surface area is 170 Å². The van der Waals surface area contributed by atoms with E-state index in [0.29, 0.717) is 18.4 Å². The summed E-state index contributed by atoms with van der Waals surface area (Å²) in [5.41, 5.74) is 1.45. The highest BCUT2D eigenvalue weighted by atomic mass is 16.5. The van der Waals surface area contributed by atoms with Crippen molar-refractivity contribution >= 4 is 17.6 Å². The van der Waals surface area contributed by atoms with Crippen molar-refractivity contribution in [3.05, 3.63) is 35.6 Å². The first kappa shape index (κ1) is 19.8. The van der Waals surface area contributed by atoms with Crippen LogP contribution >= 0.6 is 0 Å². The molecule has 0 saturated carbocycles. The molecule has 4 atom stereocenters. The van der Waals surface area contributed by atoms with Crippen LogP contribution in [0.4, 0.5) is 5.69 Å². The number of fused-ring (bicyclic) bond motifs is 4. The molecule has 2 N–H and O–H groups in total. The smallest absolute Gasteiger partial charge is 0.337 e. The van der Waals surface area contributed by atoms with Gasteiger partial charge in [-0.15, -0.1) is 0 Å². The molecule has 7 nitrogen and oxygen atoms in total. The molecule has 0 unspecified atom stereocenters. The molecular weight excluding hydrogens is 372 g/mol. The number of aromatic hydroxyl groups is 1. The predicted octanol–water partition coefficient (Wildman–Crippen LogP) is 2.41. The second kappa shape index (κ2) is 7.37. The number of rotatable bonds is 4. The van der Waals surface area contributed by atoms with Crippen LogP contribution in [0.3, 0.4) is 0 Å². The van der Waals surface area contributed by atoms with Gasteiger partial charge in [-0.2, -0.15) is 0 Å². The Balaban J connectivity index is 1.76. The number of nitrogens with one attached hydrogen (secondary N) is 1. The number of hydrogen-bond acceptors (Lipinski definition) is 6. The number of ether oxygens (including phenoxy) is 2. The lowest BCUT2D eigenvalue weighted by Crippen LogP contribution is -2.53. The largest absolute Gasteiger partial charge is 0.508 e. The first-order chi connectivity index (χ1) is 14.0. The highest BCUT2D eigenvalue weighted by Gasteiger charge is 2.60. The lowest BCUT2D eigenvalue weighted by Gasteiger charge is -2.45. The van der Waals surface area contributed by atoms with Crippen LogP contribution in [0.2, 0.25) is 0 Å². The van der Waals surface area contributed by atoms with E-state index in [-0.39, 0.29) is 35.5 Å². The number of nitrogens with zero attached hydrogens (tertiary/aromatic N) is 1. The Kier molecular flexibility index (Phi) is 5.02. The van der Waals surface area contributed by atoms with Crippen LogP contribution in [0, 0.1) is 11.8 Å². The fourth-order valence-electron chi connectivity index (χ4n) is 5.66. The first-order valence-corrected chi connectivity index (χ1v) is 10.2. The summed E-state index contributed by atoms with van der Waals surface area (Å²) in [5, 5.41) is 13.1. The molecule has 3 aliphatic heterocycles. The molecule has 156 valence electrons. The van der Waals surface area contributed by atoms with Crippen molar-refractivity contribution in [2.24, 2.45) is 11.8 Å². The van der Waals surface area contributed by atoms with Crippen LogP contribution in [0.1, 0.15) is 31.7 Å². The van der Waals surface area contributed by atoms with Gasteiger partial charge in [0.1, 0.15) is 5.75 Å². The summed E-state index contributed by atoms with van der Waals surface area (Å²) < 4.78 is 10.2. The van der Waals surface area contributed by atoms with Crippen LogP contribution in [0.5, 0.6) is 5.75 Å². The van der Waals surface area contributed by atoms with Gasteiger partial charge in [0.05, 0.1) is 31.5 Å². The van der Waals surface area contributed by atoms with Crippen molar-refractivity contribution in [2.45, 2.75) is 37.6 Å². The van der Waals surface area contributed by atoms with Gasteiger partial charge in [0.15, 0.2) is 0 Å². The third-order valence-electron chi connectivity index (χ3n) is 7.05. The van der Waals surface area contributed by atoms with Crippen LogP contribution in [-0.4, -0.2) is 55.2 Å². The summed E-state index contributed by atoms with van der Waals surface area (Å²) >= 11 is 0. The van der Waals surface area contributed by atoms with Gasteiger partial charge in [0, 0.05) is 18.3 Å². The Bertz CT molecular complexity index is 867. The maximum absolute atomic E-state index is 13.2. The zero-order chi connectivity index (χ0) is 20.8. The fourth-order valence-corrected chi connectivity index (χ4v) is 5.66. The Morgan fingerprint density at radius 3 is 2.90 bits per heavy atom. The summed E-state index contributed by atoms with van der Waals surface area (Å²) in [6.45, 7) is 3.76. The van der Waals surface area contributed by atoms with E-state index in [4.69, 9.17) is 9.47 Å². The van der Waals surface area contributed by atoms with Gasteiger partial charge >= 0.3 is 5.97 Å². The number of carbonyl (C=O) groups excluding carboxylic acids is 2. The molecule has 29 heavy (non-hydrogen) atoms. The first-order valence-electron chi connectivity index (χ1n) is 10.2. The maximum Gasteiger partial charge on any atom is 0.337 e. The second-order valence-corrected chi connectivity index (χ2v) is 8.23. The van der Waals surface area contributed by atoms with Gasteiger partial charge < -0.3 is 19.9 Å². The summed E-state index contributed by atoms with van der Waals surface area (Å²) in [5.74, 6) is -0.0291. The predicted molar refractivity (Wildman–Crippen MR) is 107 cm³/mol.